The third-order valence-electron chi connectivity index (χ3n) is 3.53. The van der Waals surface area contributed by atoms with Crippen molar-refractivity contribution in [2.45, 2.75) is 19.4 Å². The molecule has 0 radical (unpaired) electrons. The second-order valence-corrected chi connectivity index (χ2v) is 5.16. The highest BCUT2D eigenvalue weighted by Crippen LogP contribution is 2.33. The summed E-state index contributed by atoms with van der Waals surface area (Å²) in [6.45, 7) is 5.03. The Labute approximate surface area is 142 Å². The van der Waals surface area contributed by atoms with Crippen LogP contribution in [0.1, 0.15) is 23.6 Å². The van der Waals surface area contributed by atoms with Gasteiger partial charge in [-0.25, -0.2) is 4.39 Å². The van der Waals surface area contributed by atoms with Crippen LogP contribution in [0, 0.1) is 24.1 Å². The molecule has 0 spiro atoms. The lowest BCUT2D eigenvalue weighted by molar-refractivity contribution is 0.172. The highest BCUT2D eigenvalue weighted by Gasteiger charge is 2.27. The van der Waals surface area contributed by atoms with Crippen molar-refractivity contribution in [1.29, 1.82) is 5.26 Å². The van der Waals surface area contributed by atoms with E-state index in [1.807, 2.05) is 0 Å². The molecule has 0 unspecified atom stereocenters. The number of hydrogen-bond donors (Lipinski definition) is 1. The molecule has 1 heterocycles. The Morgan fingerprint density at radius 2 is 2.00 bits per heavy atom. The Morgan fingerprint density at radius 1 is 1.38 bits per heavy atom. The summed E-state index contributed by atoms with van der Waals surface area (Å²) in [6, 6.07) is 5.26. The summed E-state index contributed by atoms with van der Waals surface area (Å²) in [6.07, 6.45) is 0.250. The molecule has 1 fully saturated rings. The number of benzene rings is 1. The molecule has 1 N–H and O–H groups in total. The number of nitrogens with one attached hydrogen (secondary N) is 1. The van der Waals surface area contributed by atoms with Crippen LogP contribution in [-0.4, -0.2) is 31.1 Å². The first-order chi connectivity index (χ1) is 9.15. The van der Waals surface area contributed by atoms with E-state index in [1.54, 1.807) is 19.1 Å². The summed E-state index contributed by atoms with van der Waals surface area (Å²) in [5.74, 6) is -0.286. The van der Waals surface area contributed by atoms with Gasteiger partial charge in [0.15, 0.2) is 0 Å². The molecule has 0 saturated carbocycles. The molecule has 0 aliphatic carbocycles. The molecule has 118 valence electrons. The van der Waals surface area contributed by atoms with E-state index in [9.17, 15) is 4.39 Å². The fourth-order valence-electron chi connectivity index (χ4n) is 2.48. The maximum Gasteiger partial charge on any atom is 0.132 e. The fourth-order valence-corrected chi connectivity index (χ4v) is 2.75. The van der Waals surface area contributed by atoms with E-state index < -0.39 is 0 Å². The molecule has 1 atom stereocenters. The third-order valence-corrected chi connectivity index (χ3v) is 3.86. The minimum absolute atomic E-state index is 0. The normalized spacial score (nSPS) is 16.3. The minimum atomic E-state index is -0.286. The van der Waals surface area contributed by atoms with E-state index in [0.29, 0.717) is 16.1 Å². The van der Waals surface area contributed by atoms with Crippen LogP contribution < -0.4 is 5.32 Å². The van der Waals surface area contributed by atoms with Crippen LogP contribution in [0.2, 0.25) is 5.02 Å². The predicted molar refractivity (Wildman–Crippen MR) is 88.1 cm³/mol. The molecule has 1 aromatic carbocycles. The summed E-state index contributed by atoms with van der Waals surface area (Å²) in [7, 11) is 0. The number of rotatable bonds is 3. The summed E-state index contributed by atoms with van der Waals surface area (Å²) < 4.78 is 14.4. The molecule has 3 nitrogen and oxygen atoms in total. The molecule has 0 amide bonds. The maximum atomic E-state index is 14.4. The highest BCUT2D eigenvalue weighted by atomic mass is 35.5. The molecule has 1 aromatic rings. The van der Waals surface area contributed by atoms with Gasteiger partial charge < -0.3 is 5.32 Å². The third kappa shape index (κ3) is 4.70. The first-order valence-electron chi connectivity index (χ1n) is 6.41. The van der Waals surface area contributed by atoms with Crippen LogP contribution in [0.5, 0.6) is 0 Å². The minimum Gasteiger partial charge on any atom is -0.314 e. The van der Waals surface area contributed by atoms with Gasteiger partial charge in [0, 0.05) is 36.8 Å². The second kappa shape index (κ2) is 9.45. The molecule has 7 heteroatoms. The van der Waals surface area contributed by atoms with Gasteiger partial charge in [0.2, 0.25) is 0 Å². The molecule has 0 aromatic heterocycles. The smallest absolute Gasteiger partial charge is 0.132 e. The Kier molecular flexibility index (Phi) is 9.19. The lowest BCUT2D eigenvalue weighted by atomic mass is 9.99. The van der Waals surface area contributed by atoms with Crippen LogP contribution in [0.25, 0.3) is 0 Å². The van der Waals surface area contributed by atoms with Crippen molar-refractivity contribution in [3.05, 3.63) is 34.1 Å². The average Bonchev–Trinajstić information content (AvgIpc) is 2.43. The number of hydrogen-bond acceptors (Lipinski definition) is 3. The van der Waals surface area contributed by atoms with Crippen LogP contribution in [0.15, 0.2) is 12.1 Å². The summed E-state index contributed by atoms with van der Waals surface area (Å²) in [5.41, 5.74) is 1.03. The zero-order valence-corrected chi connectivity index (χ0v) is 14.1. The lowest BCUT2D eigenvalue weighted by Gasteiger charge is -2.34. The Hall–Kier alpha value is -0.570. The van der Waals surface area contributed by atoms with Crippen molar-refractivity contribution in [1.82, 2.24) is 10.2 Å². The summed E-state index contributed by atoms with van der Waals surface area (Å²) in [5, 5.41) is 12.7. The van der Waals surface area contributed by atoms with Gasteiger partial charge in [-0.3, -0.25) is 4.90 Å². The highest BCUT2D eigenvalue weighted by molar-refractivity contribution is 6.31. The van der Waals surface area contributed by atoms with Crippen molar-refractivity contribution >= 4 is 36.4 Å². The Balaban J connectivity index is 0.00000200. The molecule has 1 aliphatic heterocycles. The van der Waals surface area contributed by atoms with Gasteiger partial charge in [-0.05, 0) is 18.6 Å². The van der Waals surface area contributed by atoms with Crippen LogP contribution in [-0.2, 0) is 0 Å². The first-order valence-corrected chi connectivity index (χ1v) is 6.79. The number of piperazine rings is 1. The van der Waals surface area contributed by atoms with Gasteiger partial charge in [0.1, 0.15) is 5.82 Å². The molecule has 21 heavy (non-hydrogen) atoms. The standard InChI is InChI=1S/C14H17ClFN3.2ClH/c1-10-2-3-11(15)13(14(10)16)12(4-5-17)19-8-6-18-7-9-19;;/h2-3,12,18H,4,6-9H2,1H3;2*1H/t12-;;/m1../s1. The van der Waals surface area contributed by atoms with Crippen LogP contribution in [0.4, 0.5) is 4.39 Å². The molecule has 2 rings (SSSR count). The lowest BCUT2D eigenvalue weighted by Crippen LogP contribution is -2.45. The zero-order valence-electron chi connectivity index (χ0n) is 11.7. The van der Waals surface area contributed by atoms with Crippen molar-refractivity contribution < 1.29 is 4.39 Å². The monoisotopic (exact) mass is 353 g/mol. The quantitative estimate of drug-likeness (QED) is 0.903. The SMILES string of the molecule is Cc1ccc(Cl)c([C@@H](CC#N)N2CCNCC2)c1F.Cl.Cl. The number of aryl methyl sites for hydroxylation is 1. The fraction of sp³-hybridized carbons (Fsp3) is 0.500. The first kappa shape index (κ1) is 20.4. The zero-order chi connectivity index (χ0) is 13.8. The van der Waals surface area contributed by atoms with Gasteiger partial charge in [-0.15, -0.1) is 24.8 Å². The maximum absolute atomic E-state index is 14.4. The van der Waals surface area contributed by atoms with Crippen molar-refractivity contribution in [2.75, 3.05) is 26.2 Å². The topological polar surface area (TPSA) is 39.1 Å². The van der Waals surface area contributed by atoms with Crippen LogP contribution in [0.3, 0.4) is 0 Å². The van der Waals surface area contributed by atoms with E-state index in [4.69, 9.17) is 16.9 Å². The summed E-state index contributed by atoms with van der Waals surface area (Å²) >= 11 is 6.16. The van der Waals surface area contributed by atoms with E-state index in [1.165, 1.54) is 0 Å². The van der Waals surface area contributed by atoms with E-state index in [0.717, 1.165) is 26.2 Å². The van der Waals surface area contributed by atoms with E-state index in [-0.39, 0.29) is 43.1 Å². The number of nitriles is 1. The number of halogens is 4. The van der Waals surface area contributed by atoms with Gasteiger partial charge >= 0.3 is 0 Å². The largest absolute Gasteiger partial charge is 0.314 e. The predicted octanol–water partition coefficient (Wildman–Crippen LogP) is 3.49. The Bertz CT molecular complexity index is 499. The average molecular weight is 355 g/mol. The van der Waals surface area contributed by atoms with Gasteiger partial charge in [0.05, 0.1) is 18.5 Å². The molecule has 1 aliphatic rings. The van der Waals surface area contributed by atoms with Crippen molar-refractivity contribution in [3.8, 4) is 6.07 Å². The molecular weight excluding hydrogens is 336 g/mol. The van der Waals surface area contributed by atoms with E-state index >= 15 is 0 Å². The Morgan fingerprint density at radius 3 is 2.57 bits per heavy atom. The number of nitrogens with zero attached hydrogens (tertiary/aromatic N) is 2. The van der Waals surface area contributed by atoms with Gasteiger partial charge in [0.25, 0.3) is 0 Å². The van der Waals surface area contributed by atoms with E-state index in [2.05, 4.69) is 16.3 Å². The van der Waals surface area contributed by atoms with Gasteiger partial charge in [-0.2, -0.15) is 5.26 Å². The summed E-state index contributed by atoms with van der Waals surface area (Å²) in [4.78, 5) is 2.13. The van der Waals surface area contributed by atoms with Crippen molar-refractivity contribution in [3.63, 3.8) is 0 Å². The molecule has 0 bridgehead atoms. The van der Waals surface area contributed by atoms with Gasteiger partial charge in [-0.1, -0.05) is 17.7 Å². The molecule has 1 saturated heterocycles. The van der Waals surface area contributed by atoms with Crippen molar-refractivity contribution in [2.24, 2.45) is 0 Å². The second-order valence-electron chi connectivity index (χ2n) is 4.76. The molecular formula is C14H19Cl3FN3. The van der Waals surface area contributed by atoms with Crippen LogP contribution >= 0.6 is 36.4 Å².